The molecule has 0 aliphatic carbocycles. The van der Waals surface area contributed by atoms with Crippen LogP contribution in [-0.2, 0) is 16.8 Å². The van der Waals surface area contributed by atoms with Crippen LogP contribution in [0.15, 0.2) is 48.8 Å². The molecule has 1 fully saturated rings. The number of halogens is 1. The van der Waals surface area contributed by atoms with E-state index in [0.29, 0.717) is 37.9 Å². The number of hydrogen-bond donors (Lipinski definition) is 1. The maximum atomic E-state index is 13.4. The minimum absolute atomic E-state index is 0.0271. The van der Waals surface area contributed by atoms with Gasteiger partial charge >= 0.3 is 0 Å². The third-order valence-corrected chi connectivity index (χ3v) is 4.38. The van der Waals surface area contributed by atoms with E-state index in [1.165, 1.54) is 12.1 Å². The number of aliphatic hydroxyl groups is 1. The summed E-state index contributed by atoms with van der Waals surface area (Å²) in [5, 5.41) is 10.7. The summed E-state index contributed by atoms with van der Waals surface area (Å²) >= 11 is 0. The Morgan fingerprint density at radius 3 is 2.70 bits per heavy atom. The summed E-state index contributed by atoms with van der Waals surface area (Å²) in [6.07, 6.45) is 4.50. The molecule has 1 N–H and O–H groups in total. The molecule has 120 valence electrons. The molecule has 0 bridgehead atoms. The molecule has 1 aromatic heterocycles. The van der Waals surface area contributed by atoms with Crippen molar-refractivity contribution in [3.63, 3.8) is 0 Å². The first-order valence-electron chi connectivity index (χ1n) is 7.72. The average molecular weight is 314 g/mol. The van der Waals surface area contributed by atoms with Crippen molar-refractivity contribution < 1.29 is 14.3 Å². The highest BCUT2D eigenvalue weighted by atomic mass is 19.1. The van der Waals surface area contributed by atoms with Crippen LogP contribution >= 0.6 is 0 Å². The normalized spacial score (nSPS) is 17.0. The maximum absolute atomic E-state index is 13.4. The molecule has 3 rings (SSSR count). The monoisotopic (exact) mass is 314 g/mol. The summed E-state index contributed by atoms with van der Waals surface area (Å²) in [5.41, 5.74) is 0.396. The lowest BCUT2D eigenvalue weighted by atomic mass is 9.84. The van der Waals surface area contributed by atoms with Crippen molar-refractivity contribution in [2.45, 2.75) is 24.9 Å². The van der Waals surface area contributed by atoms with Gasteiger partial charge in [-0.05, 0) is 42.2 Å². The van der Waals surface area contributed by atoms with E-state index < -0.39 is 5.60 Å². The number of carbonyl (C=O) groups is 1. The second-order valence-electron chi connectivity index (χ2n) is 5.96. The first-order valence-corrected chi connectivity index (χ1v) is 7.72. The molecule has 1 aliphatic rings. The number of piperidine rings is 1. The molecule has 0 spiro atoms. The van der Waals surface area contributed by atoms with Gasteiger partial charge in [-0.15, -0.1) is 0 Å². The Labute approximate surface area is 134 Å². The number of aromatic nitrogens is 1. The number of rotatable bonds is 3. The van der Waals surface area contributed by atoms with E-state index in [1.54, 1.807) is 29.4 Å². The summed E-state index contributed by atoms with van der Waals surface area (Å²) in [5.74, 6) is -0.328. The third kappa shape index (κ3) is 3.56. The number of likely N-dealkylation sites (tertiary alicyclic amines) is 1. The Morgan fingerprint density at radius 1 is 1.26 bits per heavy atom. The van der Waals surface area contributed by atoms with Crippen LogP contribution in [0.4, 0.5) is 4.39 Å². The van der Waals surface area contributed by atoms with Crippen molar-refractivity contribution >= 4 is 5.91 Å². The first-order chi connectivity index (χ1) is 11.1. The molecule has 4 nitrogen and oxygen atoms in total. The van der Waals surface area contributed by atoms with Crippen molar-refractivity contribution in [1.29, 1.82) is 0 Å². The molecule has 1 aromatic carbocycles. The average Bonchev–Trinajstić information content (AvgIpc) is 2.56. The van der Waals surface area contributed by atoms with E-state index in [1.807, 2.05) is 12.1 Å². The van der Waals surface area contributed by atoms with Crippen molar-refractivity contribution in [2.24, 2.45) is 0 Å². The molecule has 0 unspecified atom stereocenters. The van der Waals surface area contributed by atoms with E-state index in [9.17, 15) is 14.3 Å². The Balaban J connectivity index is 1.63. The van der Waals surface area contributed by atoms with E-state index in [2.05, 4.69) is 4.98 Å². The molecule has 23 heavy (non-hydrogen) atoms. The fourth-order valence-corrected chi connectivity index (χ4v) is 2.98. The number of hydrogen-bond acceptors (Lipinski definition) is 3. The summed E-state index contributed by atoms with van der Waals surface area (Å²) < 4.78 is 13.4. The lowest BCUT2D eigenvalue weighted by Gasteiger charge is -2.38. The smallest absolute Gasteiger partial charge is 0.227 e. The minimum Gasteiger partial charge on any atom is -0.385 e. The van der Waals surface area contributed by atoms with Crippen LogP contribution in [0, 0.1) is 5.82 Å². The highest BCUT2D eigenvalue weighted by molar-refractivity contribution is 5.78. The van der Waals surface area contributed by atoms with Crippen LogP contribution < -0.4 is 0 Å². The van der Waals surface area contributed by atoms with Gasteiger partial charge in [-0.2, -0.15) is 0 Å². The van der Waals surface area contributed by atoms with Crippen molar-refractivity contribution in [3.05, 3.63) is 65.7 Å². The predicted octanol–water partition coefficient (Wildman–Crippen LogP) is 2.27. The molecule has 2 aromatic rings. The highest BCUT2D eigenvalue weighted by Crippen LogP contribution is 2.33. The molecular formula is C18H19FN2O2. The summed E-state index contributed by atoms with van der Waals surface area (Å²) in [6.45, 7) is 0.929. The van der Waals surface area contributed by atoms with Gasteiger partial charge in [0.05, 0.1) is 12.0 Å². The van der Waals surface area contributed by atoms with Crippen LogP contribution in [0.5, 0.6) is 0 Å². The van der Waals surface area contributed by atoms with Gasteiger partial charge in [0.25, 0.3) is 0 Å². The van der Waals surface area contributed by atoms with E-state index in [4.69, 9.17) is 0 Å². The van der Waals surface area contributed by atoms with E-state index >= 15 is 0 Å². The summed E-state index contributed by atoms with van der Waals surface area (Å²) in [4.78, 5) is 18.1. The van der Waals surface area contributed by atoms with Crippen LogP contribution in [-0.4, -0.2) is 34.0 Å². The molecule has 1 saturated heterocycles. The Bertz CT molecular complexity index is 682. The first kappa shape index (κ1) is 15.6. The number of pyridine rings is 1. The fourth-order valence-electron chi connectivity index (χ4n) is 2.98. The Kier molecular flexibility index (Phi) is 4.39. The minimum atomic E-state index is -1.06. The maximum Gasteiger partial charge on any atom is 0.227 e. The lowest BCUT2D eigenvalue weighted by Crippen LogP contribution is -2.45. The Hall–Kier alpha value is -2.27. The molecular weight excluding hydrogens is 295 g/mol. The second-order valence-corrected chi connectivity index (χ2v) is 5.96. The second kappa shape index (κ2) is 6.46. The van der Waals surface area contributed by atoms with Gasteiger partial charge in [0.1, 0.15) is 5.82 Å². The molecule has 5 heteroatoms. The number of amides is 1. The SMILES string of the molecule is O=C(Cc1cccnc1)N1CCC(O)(c2cccc(F)c2)CC1. The van der Waals surface area contributed by atoms with Crippen LogP contribution in [0.3, 0.4) is 0 Å². The number of nitrogens with zero attached hydrogens (tertiary/aromatic N) is 2. The van der Waals surface area contributed by atoms with Gasteiger partial charge in [-0.25, -0.2) is 4.39 Å². The van der Waals surface area contributed by atoms with Crippen molar-refractivity contribution in [2.75, 3.05) is 13.1 Å². The van der Waals surface area contributed by atoms with E-state index in [0.717, 1.165) is 5.56 Å². The van der Waals surface area contributed by atoms with Gasteiger partial charge < -0.3 is 10.0 Å². The molecule has 2 heterocycles. The van der Waals surface area contributed by atoms with Crippen LogP contribution in [0.25, 0.3) is 0 Å². The van der Waals surface area contributed by atoms with Gasteiger partial charge in [0, 0.05) is 25.5 Å². The Morgan fingerprint density at radius 2 is 2.04 bits per heavy atom. The molecule has 1 amide bonds. The van der Waals surface area contributed by atoms with Gasteiger partial charge in [0.2, 0.25) is 5.91 Å². The zero-order chi connectivity index (χ0) is 16.3. The molecule has 1 aliphatic heterocycles. The number of benzene rings is 1. The zero-order valence-corrected chi connectivity index (χ0v) is 12.8. The third-order valence-electron chi connectivity index (χ3n) is 4.38. The topological polar surface area (TPSA) is 53.4 Å². The molecule has 0 saturated carbocycles. The molecule has 0 atom stereocenters. The zero-order valence-electron chi connectivity index (χ0n) is 12.8. The van der Waals surface area contributed by atoms with E-state index in [-0.39, 0.29) is 11.7 Å². The lowest BCUT2D eigenvalue weighted by molar-refractivity contribution is -0.135. The summed E-state index contributed by atoms with van der Waals surface area (Å²) in [7, 11) is 0. The quantitative estimate of drug-likeness (QED) is 0.945. The van der Waals surface area contributed by atoms with Gasteiger partial charge in [-0.3, -0.25) is 9.78 Å². The van der Waals surface area contributed by atoms with Crippen LogP contribution in [0.2, 0.25) is 0 Å². The van der Waals surface area contributed by atoms with Crippen molar-refractivity contribution in [1.82, 2.24) is 9.88 Å². The largest absolute Gasteiger partial charge is 0.385 e. The summed E-state index contributed by atoms with van der Waals surface area (Å²) in [6, 6.07) is 9.74. The van der Waals surface area contributed by atoms with Gasteiger partial charge in [-0.1, -0.05) is 18.2 Å². The standard InChI is InChI=1S/C18H19FN2O2/c19-16-5-1-4-15(12-16)18(23)6-9-21(10-7-18)17(22)11-14-3-2-8-20-13-14/h1-5,8,12-13,23H,6-7,9-11H2. The molecule has 0 radical (unpaired) electrons. The fraction of sp³-hybridized carbons (Fsp3) is 0.333. The van der Waals surface area contributed by atoms with Crippen molar-refractivity contribution in [3.8, 4) is 0 Å². The van der Waals surface area contributed by atoms with Crippen LogP contribution in [0.1, 0.15) is 24.0 Å². The predicted molar refractivity (Wildman–Crippen MR) is 84.1 cm³/mol. The van der Waals surface area contributed by atoms with Gasteiger partial charge in [0.15, 0.2) is 0 Å². The highest BCUT2D eigenvalue weighted by Gasteiger charge is 2.35. The number of carbonyl (C=O) groups excluding carboxylic acids is 1.